The maximum absolute atomic E-state index is 12.2. The van der Waals surface area contributed by atoms with Gasteiger partial charge in [0.15, 0.2) is 9.84 Å². The zero-order valence-corrected chi connectivity index (χ0v) is 13.5. The van der Waals surface area contributed by atoms with Gasteiger partial charge in [0, 0.05) is 17.9 Å². The van der Waals surface area contributed by atoms with E-state index in [1.165, 1.54) is 0 Å². The molecule has 0 unspecified atom stereocenters. The Morgan fingerprint density at radius 1 is 1.36 bits per heavy atom. The number of aromatic nitrogens is 2. The minimum Gasteiger partial charge on any atom is -0.311 e. The van der Waals surface area contributed by atoms with E-state index in [1.54, 1.807) is 4.68 Å². The molecule has 6 nitrogen and oxygen atoms in total. The van der Waals surface area contributed by atoms with Crippen molar-refractivity contribution in [1.29, 1.82) is 0 Å². The molecule has 0 spiro atoms. The van der Waals surface area contributed by atoms with E-state index in [4.69, 9.17) is 0 Å². The van der Waals surface area contributed by atoms with E-state index in [0.29, 0.717) is 24.1 Å². The molecule has 2 aliphatic carbocycles. The van der Waals surface area contributed by atoms with Crippen LogP contribution in [0.25, 0.3) is 0 Å². The molecule has 1 aliphatic heterocycles. The average molecular weight is 323 g/mol. The van der Waals surface area contributed by atoms with E-state index < -0.39 is 9.84 Å². The first-order valence-electron chi connectivity index (χ1n) is 8.04. The van der Waals surface area contributed by atoms with E-state index in [0.717, 1.165) is 25.0 Å². The van der Waals surface area contributed by atoms with Crippen molar-refractivity contribution in [2.75, 3.05) is 16.8 Å². The SMILES string of the molecule is C[C@@H]1C[C@H]1C(=O)Nc1cc(C2CC2)nn1[C@H]1CCS(=O)(=O)C1. The first-order valence-corrected chi connectivity index (χ1v) is 9.86. The molecule has 22 heavy (non-hydrogen) atoms. The smallest absolute Gasteiger partial charge is 0.228 e. The lowest BCUT2D eigenvalue weighted by molar-refractivity contribution is -0.117. The summed E-state index contributed by atoms with van der Waals surface area (Å²) in [6.07, 6.45) is 3.78. The van der Waals surface area contributed by atoms with Gasteiger partial charge in [-0.3, -0.25) is 4.79 Å². The van der Waals surface area contributed by atoms with Crippen LogP contribution in [0, 0.1) is 11.8 Å². The molecule has 0 bridgehead atoms. The number of sulfone groups is 1. The van der Waals surface area contributed by atoms with E-state index in [2.05, 4.69) is 17.3 Å². The Labute approximate surface area is 130 Å². The van der Waals surface area contributed by atoms with Gasteiger partial charge in [-0.25, -0.2) is 13.1 Å². The summed E-state index contributed by atoms with van der Waals surface area (Å²) >= 11 is 0. The summed E-state index contributed by atoms with van der Waals surface area (Å²) in [7, 11) is -2.97. The molecule has 0 aromatic carbocycles. The second-order valence-electron chi connectivity index (χ2n) is 7.04. The summed E-state index contributed by atoms with van der Waals surface area (Å²) in [5, 5.41) is 7.59. The van der Waals surface area contributed by atoms with E-state index in [-0.39, 0.29) is 29.4 Å². The summed E-state index contributed by atoms with van der Waals surface area (Å²) in [5.74, 6) is 2.08. The molecule has 1 aromatic heterocycles. The van der Waals surface area contributed by atoms with E-state index in [1.807, 2.05) is 6.07 Å². The van der Waals surface area contributed by atoms with Crippen molar-refractivity contribution in [3.05, 3.63) is 11.8 Å². The summed E-state index contributed by atoms with van der Waals surface area (Å²) in [6, 6.07) is 1.79. The number of carbonyl (C=O) groups excluding carboxylic acids is 1. The lowest BCUT2D eigenvalue weighted by Gasteiger charge is -2.13. The summed E-state index contributed by atoms with van der Waals surface area (Å²) in [4.78, 5) is 12.2. The maximum atomic E-state index is 12.2. The predicted molar refractivity (Wildman–Crippen MR) is 82.4 cm³/mol. The second kappa shape index (κ2) is 4.81. The molecule has 1 saturated heterocycles. The molecular weight excluding hydrogens is 302 g/mol. The molecule has 2 saturated carbocycles. The lowest BCUT2D eigenvalue weighted by Crippen LogP contribution is -2.20. The third-order valence-corrected chi connectivity index (χ3v) is 6.75. The van der Waals surface area contributed by atoms with Crippen molar-refractivity contribution in [3.63, 3.8) is 0 Å². The molecule has 1 aromatic rings. The minimum absolute atomic E-state index is 0.0388. The van der Waals surface area contributed by atoms with Gasteiger partial charge in [0.1, 0.15) is 5.82 Å². The molecule has 4 rings (SSSR count). The van der Waals surface area contributed by atoms with Crippen LogP contribution in [0.2, 0.25) is 0 Å². The molecule has 7 heteroatoms. The standard InChI is InChI=1S/C15H21N3O3S/c1-9-6-12(9)15(19)16-14-7-13(10-2-3-10)17-18(14)11-4-5-22(20,21)8-11/h7,9-12H,2-6,8H2,1H3,(H,16,19)/t9-,11+,12-/m1/s1. The predicted octanol–water partition coefficient (Wildman–Crippen LogP) is 1.71. The Kier molecular flexibility index (Phi) is 3.11. The average Bonchev–Trinajstić information content (AvgIpc) is 3.34. The molecule has 120 valence electrons. The fourth-order valence-electron chi connectivity index (χ4n) is 3.24. The van der Waals surface area contributed by atoms with Crippen molar-refractivity contribution in [2.24, 2.45) is 11.8 Å². The highest BCUT2D eigenvalue weighted by molar-refractivity contribution is 7.91. The third kappa shape index (κ3) is 2.66. The van der Waals surface area contributed by atoms with Gasteiger partial charge in [0.2, 0.25) is 5.91 Å². The topological polar surface area (TPSA) is 81.1 Å². The Morgan fingerprint density at radius 2 is 2.09 bits per heavy atom. The maximum Gasteiger partial charge on any atom is 0.228 e. The number of nitrogens with zero attached hydrogens (tertiary/aromatic N) is 2. The van der Waals surface area contributed by atoms with Crippen molar-refractivity contribution < 1.29 is 13.2 Å². The van der Waals surface area contributed by atoms with Crippen LogP contribution in [-0.4, -0.2) is 35.6 Å². The molecule has 2 heterocycles. The monoisotopic (exact) mass is 323 g/mol. The quantitative estimate of drug-likeness (QED) is 0.914. The van der Waals surface area contributed by atoms with E-state index >= 15 is 0 Å². The summed E-state index contributed by atoms with van der Waals surface area (Å²) in [5.41, 5.74) is 0.989. The molecule has 1 amide bonds. The van der Waals surface area contributed by atoms with Crippen LogP contribution >= 0.6 is 0 Å². The molecule has 3 fully saturated rings. The Morgan fingerprint density at radius 3 is 2.64 bits per heavy atom. The largest absolute Gasteiger partial charge is 0.311 e. The number of rotatable bonds is 4. The number of carbonyl (C=O) groups is 1. The van der Waals surface area contributed by atoms with Gasteiger partial charge in [-0.05, 0) is 31.6 Å². The van der Waals surface area contributed by atoms with Gasteiger partial charge >= 0.3 is 0 Å². The van der Waals surface area contributed by atoms with Crippen molar-refractivity contribution >= 4 is 21.6 Å². The summed E-state index contributed by atoms with van der Waals surface area (Å²) in [6.45, 7) is 2.07. The van der Waals surface area contributed by atoms with Crippen molar-refractivity contribution in [1.82, 2.24) is 9.78 Å². The number of anilines is 1. The van der Waals surface area contributed by atoms with E-state index in [9.17, 15) is 13.2 Å². The fraction of sp³-hybridized carbons (Fsp3) is 0.733. The highest BCUT2D eigenvalue weighted by Crippen LogP contribution is 2.42. The Balaban J connectivity index is 1.59. The Bertz CT molecular complexity index is 720. The second-order valence-corrected chi connectivity index (χ2v) is 9.27. The third-order valence-electron chi connectivity index (χ3n) is 5.00. The van der Waals surface area contributed by atoms with Crippen LogP contribution in [0.3, 0.4) is 0 Å². The molecule has 1 N–H and O–H groups in total. The van der Waals surface area contributed by atoms with Gasteiger partial charge in [-0.15, -0.1) is 0 Å². The fourth-order valence-corrected chi connectivity index (χ4v) is 4.93. The van der Waals surface area contributed by atoms with Crippen molar-refractivity contribution in [3.8, 4) is 0 Å². The van der Waals surface area contributed by atoms with Crippen LogP contribution in [0.5, 0.6) is 0 Å². The van der Waals surface area contributed by atoms with Gasteiger partial charge < -0.3 is 5.32 Å². The first-order chi connectivity index (χ1) is 10.4. The van der Waals surface area contributed by atoms with Crippen molar-refractivity contribution in [2.45, 2.75) is 44.6 Å². The van der Waals surface area contributed by atoms with Gasteiger partial charge in [-0.2, -0.15) is 5.10 Å². The zero-order chi connectivity index (χ0) is 15.5. The highest BCUT2D eigenvalue weighted by Gasteiger charge is 2.40. The number of hydrogen-bond donors (Lipinski definition) is 1. The van der Waals surface area contributed by atoms with Crippen LogP contribution in [0.1, 0.15) is 50.3 Å². The zero-order valence-electron chi connectivity index (χ0n) is 12.7. The molecule has 0 radical (unpaired) electrons. The normalized spacial score (nSPS) is 32.9. The van der Waals surface area contributed by atoms with Crippen LogP contribution < -0.4 is 5.32 Å². The van der Waals surface area contributed by atoms with Gasteiger partial charge in [0.25, 0.3) is 0 Å². The number of hydrogen-bond acceptors (Lipinski definition) is 4. The highest BCUT2D eigenvalue weighted by atomic mass is 32.2. The molecule has 3 atom stereocenters. The van der Waals surface area contributed by atoms with Crippen LogP contribution in [-0.2, 0) is 14.6 Å². The minimum atomic E-state index is -2.97. The number of amides is 1. The lowest BCUT2D eigenvalue weighted by atomic mass is 10.2. The van der Waals surface area contributed by atoms with Gasteiger partial charge in [-0.1, -0.05) is 6.92 Å². The molecular formula is C15H21N3O3S. The Hall–Kier alpha value is -1.37. The summed E-state index contributed by atoms with van der Waals surface area (Å²) < 4.78 is 25.2. The van der Waals surface area contributed by atoms with Crippen LogP contribution in [0.15, 0.2) is 6.07 Å². The first kappa shape index (κ1) is 14.2. The van der Waals surface area contributed by atoms with Gasteiger partial charge in [0.05, 0.1) is 23.2 Å². The molecule has 3 aliphatic rings. The number of nitrogens with one attached hydrogen (secondary N) is 1. The van der Waals surface area contributed by atoms with Crippen LogP contribution in [0.4, 0.5) is 5.82 Å².